The number of urea groups is 1. The zero-order valence-corrected chi connectivity index (χ0v) is 14.4. The van der Waals surface area contributed by atoms with Gasteiger partial charge in [-0.2, -0.15) is 0 Å². The van der Waals surface area contributed by atoms with Crippen LogP contribution in [0.5, 0.6) is 0 Å². The molecule has 0 aliphatic carbocycles. The van der Waals surface area contributed by atoms with Crippen molar-refractivity contribution in [3.05, 3.63) is 59.1 Å². The van der Waals surface area contributed by atoms with Crippen LogP contribution in [0, 0.1) is 5.92 Å². The zero-order chi connectivity index (χ0) is 17.6. The van der Waals surface area contributed by atoms with E-state index in [4.69, 9.17) is 11.6 Å². The molecule has 0 radical (unpaired) electrons. The molecule has 0 bridgehead atoms. The molecule has 7 heteroatoms. The maximum atomic E-state index is 12.4. The van der Waals surface area contributed by atoms with E-state index in [1.165, 1.54) is 0 Å². The van der Waals surface area contributed by atoms with Crippen LogP contribution in [0.15, 0.2) is 42.7 Å². The Morgan fingerprint density at radius 2 is 1.80 bits per heavy atom. The number of amides is 2. The molecule has 1 aliphatic rings. The second-order valence-corrected chi connectivity index (χ2v) is 6.36. The zero-order valence-electron chi connectivity index (χ0n) is 13.7. The summed E-state index contributed by atoms with van der Waals surface area (Å²) < 4.78 is 0. The molecular formula is C18H19ClN4O2. The standard InChI is InChI=1S/C18H19ClN4O2/c19-15-5-2-1-4-14(15)12-22-18(25)23-10-6-13(7-11-23)16(24)17-20-8-3-9-21-17/h1-5,8-9,13H,6-7,10-12H2,(H,22,25). The third kappa shape index (κ3) is 4.33. The maximum Gasteiger partial charge on any atom is 0.317 e. The number of aromatic nitrogens is 2. The molecule has 130 valence electrons. The first-order valence-corrected chi connectivity index (χ1v) is 8.60. The second kappa shape index (κ2) is 8.07. The second-order valence-electron chi connectivity index (χ2n) is 5.95. The van der Waals surface area contributed by atoms with Gasteiger partial charge in [0.15, 0.2) is 5.82 Å². The Balaban J connectivity index is 1.49. The number of Topliss-reactive ketones (excluding diaryl/α,β-unsaturated/α-hetero) is 1. The molecule has 25 heavy (non-hydrogen) atoms. The smallest absolute Gasteiger partial charge is 0.317 e. The minimum atomic E-state index is -0.137. The maximum absolute atomic E-state index is 12.4. The molecule has 1 aromatic carbocycles. The summed E-state index contributed by atoms with van der Waals surface area (Å²) in [6.07, 6.45) is 4.38. The summed E-state index contributed by atoms with van der Waals surface area (Å²) in [7, 11) is 0. The first-order valence-electron chi connectivity index (χ1n) is 8.22. The summed E-state index contributed by atoms with van der Waals surface area (Å²) in [4.78, 5) is 34.4. The van der Waals surface area contributed by atoms with Gasteiger partial charge in [-0.05, 0) is 30.5 Å². The van der Waals surface area contributed by atoms with E-state index in [-0.39, 0.29) is 23.6 Å². The third-order valence-electron chi connectivity index (χ3n) is 4.33. The molecule has 1 saturated heterocycles. The highest BCUT2D eigenvalue weighted by Crippen LogP contribution is 2.21. The van der Waals surface area contributed by atoms with E-state index in [1.807, 2.05) is 18.2 Å². The Labute approximate surface area is 151 Å². The average Bonchev–Trinajstić information content (AvgIpc) is 2.67. The number of benzene rings is 1. The molecule has 1 fully saturated rings. The first-order chi connectivity index (χ1) is 12.1. The monoisotopic (exact) mass is 358 g/mol. The van der Waals surface area contributed by atoms with Crippen molar-refractivity contribution in [2.24, 2.45) is 5.92 Å². The van der Waals surface area contributed by atoms with Crippen LogP contribution in [0.4, 0.5) is 4.79 Å². The van der Waals surface area contributed by atoms with Crippen LogP contribution in [-0.2, 0) is 6.54 Å². The molecule has 0 spiro atoms. The van der Waals surface area contributed by atoms with Crippen molar-refractivity contribution in [2.75, 3.05) is 13.1 Å². The number of nitrogens with zero attached hydrogens (tertiary/aromatic N) is 3. The number of hydrogen-bond acceptors (Lipinski definition) is 4. The number of halogens is 1. The van der Waals surface area contributed by atoms with Crippen molar-refractivity contribution in [3.8, 4) is 0 Å². The first kappa shape index (κ1) is 17.4. The topological polar surface area (TPSA) is 75.2 Å². The molecule has 1 aromatic heterocycles. The lowest BCUT2D eigenvalue weighted by Crippen LogP contribution is -2.45. The van der Waals surface area contributed by atoms with E-state index >= 15 is 0 Å². The fraction of sp³-hybridized carbons (Fsp3) is 0.333. The van der Waals surface area contributed by atoms with Gasteiger partial charge in [0.2, 0.25) is 5.78 Å². The number of nitrogens with one attached hydrogen (secondary N) is 1. The van der Waals surface area contributed by atoms with E-state index in [0.717, 1.165) is 5.56 Å². The number of piperidine rings is 1. The van der Waals surface area contributed by atoms with E-state index < -0.39 is 0 Å². The van der Waals surface area contributed by atoms with Crippen molar-refractivity contribution < 1.29 is 9.59 Å². The Morgan fingerprint density at radius 3 is 2.48 bits per heavy atom. The van der Waals surface area contributed by atoms with Gasteiger partial charge in [-0.25, -0.2) is 14.8 Å². The summed E-state index contributed by atoms with van der Waals surface area (Å²) >= 11 is 6.09. The summed E-state index contributed by atoms with van der Waals surface area (Å²) in [5.41, 5.74) is 0.879. The molecule has 0 saturated carbocycles. The third-order valence-corrected chi connectivity index (χ3v) is 4.70. The van der Waals surface area contributed by atoms with Crippen molar-refractivity contribution in [3.63, 3.8) is 0 Å². The molecule has 2 amide bonds. The lowest BCUT2D eigenvalue weighted by atomic mass is 9.92. The van der Waals surface area contributed by atoms with Crippen LogP contribution < -0.4 is 5.32 Å². The largest absolute Gasteiger partial charge is 0.334 e. The van der Waals surface area contributed by atoms with Crippen molar-refractivity contribution in [2.45, 2.75) is 19.4 Å². The SMILES string of the molecule is O=C(c1ncccn1)C1CCN(C(=O)NCc2ccccc2Cl)CC1. The normalized spacial score (nSPS) is 15.0. The van der Waals surface area contributed by atoms with Gasteiger partial charge in [0.1, 0.15) is 0 Å². The summed E-state index contributed by atoms with van der Waals surface area (Å²) in [5, 5.41) is 3.51. The van der Waals surface area contributed by atoms with Crippen molar-refractivity contribution >= 4 is 23.4 Å². The highest BCUT2D eigenvalue weighted by atomic mass is 35.5. The number of carbonyl (C=O) groups excluding carboxylic acids is 2. The molecule has 0 unspecified atom stereocenters. The van der Waals surface area contributed by atoms with E-state index in [0.29, 0.717) is 37.5 Å². The molecule has 1 N–H and O–H groups in total. The number of carbonyl (C=O) groups is 2. The van der Waals surface area contributed by atoms with Gasteiger partial charge in [0, 0.05) is 43.0 Å². The van der Waals surface area contributed by atoms with Crippen LogP contribution in [0.3, 0.4) is 0 Å². The van der Waals surface area contributed by atoms with Crippen LogP contribution in [0.2, 0.25) is 5.02 Å². The summed E-state index contributed by atoms with van der Waals surface area (Å²) in [6, 6.07) is 8.96. The Morgan fingerprint density at radius 1 is 1.12 bits per heavy atom. The molecular weight excluding hydrogens is 340 g/mol. The molecule has 1 aliphatic heterocycles. The number of ketones is 1. The molecule has 2 aromatic rings. The van der Waals surface area contributed by atoms with Crippen molar-refractivity contribution in [1.82, 2.24) is 20.2 Å². The summed E-state index contributed by atoms with van der Waals surface area (Å²) in [6.45, 7) is 1.46. The van der Waals surface area contributed by atoms with E-state index in [2.05, 4.69) is 15.3 Å². The summed E-state index contributed by atoms with van der Waals surface area (Å²) in [5.74, 6) is 0.0795. The van der Waals surface area contributed by atoms with Gasteiger partial charge in [0.05, 0.1) is 0 Å². The van der Waals surface area contributed by atoms with Gasteiger partial charge >= 0.3 is 6.03 Å². The van der Waals surface area contributed by atoms with Crippen molar-refractivity contribution in [1.29, 1.82) is 0 Å². The molecule has 6 nitrogen and oxygen atoms in total. The van der Waals surface area contributed by atoms with Gasteiger partial charge < -0.3 is 10.2 Å². The van der Waals surface area contributed by atoms with Crippen LogP contribution in [-0.4, -0.2) is 39.8 Å². The highest BCUT2D eigenvalue weighted by Gasteiger charge is 2.29. The molecule has 2 heterocycles. The van der Waals surface area contributed by atoms with E-state index in [9.17, 15) is 9.59 Å². The Kier molecular flexibility index (Phi) is 5.60. The minimum Gasteiger partial charge on any atom is -0.334 e. The van der Waals surface area contributed by atoms with Gasteiger partial charge in [-0.15, -0.1) is 0 Å². The number of likely N-dealkylation sites (tertiary alicyclic amines) is 1. The number of rotatable bonds is 4. The van der Waals surface area contributed by atoms with Crippen LogP contribution in [0.1, 0.15) is 29.0 Å². The Bertz CT molecular complexity index is 746. The van der Waals surface area contributed by atoms with Gasteiger partial charge in [-0.3, -0.25) is 4.79 Å². The lowest BCUT2D eigenvalue weighted by molar-refractivity contribution is 0.0843. The predicted octanol–water partition coefficient (Wildman–Crippen LogP) is 2.93. The fourth-order valence-electron chi connectivity index (χ4n) is 2.88. The van der Waals surface area contributed by atoms with Gasteiger partial charge in [-0.1, -0.05) is 29.8 Å². The van der Waals surface area contributed by atoms with Gasteiger partial charge in [0.25, 0.3) is 0 Å². The van der Waals surface area contributed by atoms with Crippen LogP contribution >= 0.6 is 11.6 Å². The molecule has 3 rings (SSSR count). The Hall–Kier alpha value is -2.47. The predicted molar refractivity (Wildman–Crippen MR) is 94.3 cm³/mol. The minimum absolute atomic E-state index is 0.0447. The quantitative estimate of drug-likeness (QED) is 0.853. The average molecular weight is 359 g/mol. The number of hydrogen-bond donors (Lipinski definition) is 1. The fourth-order valence-corrected chi connectivity index (χ4v) is 3.08. The highest BCUT2D eigenvalue weighted by molar-refractivity contribution is 6.31. The van der Waals surface area contributed by atoms with Crippen LogP contribution in [0.25, 0.3) is 0 Å². The molecule has 0 atom stereocenters. The van der Waals surface area contributed by atoms with E-state index in [1.54, 1.807) is 29.4 Å². The lowest BCUT2D eigenvalue weighted by Gasteiger charge is -2.31.